The van der Waals surface area contributed by atoms with Gasteiger partial charge in [0.15, 0.2) is 9.84 Å². The lowest BCUT2D eigenvalue weighted by Gasteiger charge is -2.19. The molecule has 134 valence electrons. The number of amides is 2. The summed E-state index contributed by atoms with van der Waals surface area (Å²) in [5, 5.41) is 2.82. The first kappa shape index (κ1) is 18.8. The van der Waals surface area contributed by atoms with E-state index in [-0.39, 0.29) is 10.9 Å². The van der Waals surface area contributed by atoms with E-state index in [9.17, 15) is 13.2 Å². The molecule has 0 radical (unpaired) electrons. The van der Waals surface area contributed by atoms with E-state index in [1.807, 2.05) is 13.8 Å². The van der Waals surface area contributed by atoms with Crippen molar-refractivity contribution in [3.63, 3.8) is 0 Å². The van der Waals surface area contributed by atoms with Crippen molar-refractivity contribution in [1.82, 2.24) is 4.90 Å². The number of urea groups is 1. The molecule has 0 aliphatic carbocycles. The lowest BCUT2D eigenvalue weighted by Crippen LogP contribution is -2.34. The van der Waals surface area contributed by atoms with Crippen LogP contribution in [0.1, 0.15) is 13.8 Å². The number of nitrogens with one attached hydrogen (secondary N) is 1. The van der Waals surface area contributed by atoms with Gasteiger partial charge < -0.3 is 15.0 Å². The van der Waals surface area contributed by atoms with E-state index in [2.05, 4.69) is 5.32 Å². The molecule has 0 saturated carbocycles. The molecule has 0 unspecified atom stereocenters. The minimum atomic E-state index is -3.22. The minimum Gasteiger partial charge on any atom is -0.457 e. The third kappa shape index (κ3) is 5.22. The van der Waals surface area contributed by atoms with Gasteiger partial charge in [-0.15, -0.1) is 0 Å². The zero-order valence-corrected chi connectivity index (χ0v) is 15.3. The molecule has 6 nitrogen and oxygen atoms in total. The minimum absolute atomic E-state index is 0.143. The number of hydrogen-bond donors (Lipinski definition) is 1. The fourth-order valence-corrected chi connectivity index (χ4v) is 2.84. The predicted molar refractivity (Wildman–Crippen MR) is 98.0 cm³/mol. The Morgan fingerprint density at radius 2 is 1.44 bits per heavy atom. The number of ether oxygens (including phenoxy) is 1. The van der Waals surface area contributed by atoms with Gasteiger partial charge >= 0.3 is 6.03 Å². The number of hydrogen-bond acceptors (Lipinski definition) is 4. The van der Waals surface area contributed by atoms with Crippen LogP contribution in [0.25, 0.3) is 0 Å². The van der Waals surface area contributed by atoms with Gasteiger partial charge in [-0.3, -0.25) is 0 Å². The predicted octanol–water partition coefficient (Wildman–Crippen LogP) is 3.76. The molecule has 0 aliphatic heterocycles. The quantitative estimate of drug-likeness (QED) is 0.849. The average molecular weight is 362 g/mol. The molecular formula is C18H22N2O4S. The molecular weight excluding hydrogens is 340 g/mol. The molecule has 0 spiro atoms. The molecule has 7 heteroatoms. The van der Waals surface area contributed by atoms with Crippen molar-refractivity contribution in [3.8, 4) is 11.5 Å². The SMILES string of the molecule is CCN(CC)C(=O)Nc1ccc(Oc2ccc(S(C)(=O)=O)cc2)cc1. The molecule has 0 saturated heterocycles. The number of carbonyl (C=O) groups is 1. The summed E-state index contributed by atoms with van der Waals surface area (Å²) >= 11 is 0. The zero-order valence-electron chi connectivity index (χ0n) is 14.5. The van der Waals surface area contributed by atoms with Crippen molar-refractivity contribution in [2.45, 2.75) is 18.7 Å². The van der Waals surface area contributed by atoms with E-state index in [1.165, 1.54) is 12.1 Å². The first-order chi connectivity index (χ1) is 11.8. The average Bonchev–Trinajstić information content (AvgIpc) is 2.57. The first-order valence-electron chi connectivity index (χ1n) is 7.97. The summed E-state index contributed by atoms with van der Waals surface area (Å²) in [5.41, 5.74) is 0.677. The number of carbonyl (C=O) groups excluding carboxylic acids is 1. The van der Waals surface area contributed by atoms with Crippen LogP contribution in [0.15, 0.2) is 53.4 Å². The van der Waals surface area contributed by atoms with Crippen LogP contribution in [0.5, 0.6) is 11.5 Å². The zero-order chi connectivity index (χ0) is 18.4. The summed E-state index contributed by atoms with van der Waals surface area (Å²) in [6.45, 7) is 5.14. The molecule has 0 bridgehead atoms. The van der Waals surface area contributed by atoms with Gasteiger partial charge in [0.1, 0.15) is 11.5 Å². The Kier molecular flexibility index (Phi) is 6.03. The van der Waals surface area contributed by atoms with Gasteiger partial charge in [0.05, 0.1) is 4.90 Å². The van der Waals surface area contributed by atoms with Crippen molar-refractivity contribution >= 4 is 21.6 Å². The van der Waals surface area contributed by atoms with Crippen molar-refractivity contribution in [2.24, 2.45) is 0 Å². The molecule has 2 rings (SSSR count). The third-order valence-corrected chi connectivity index (χ3v) is 4.77. The van der Waals surface area contributed by atoms with Crippen LogP contribution in [0, 0.1) is 0 Å². The molecule has 25 heavy (non-hydrogen) atoms. The Balaban J connectivity index is 2.02. The van der Waals surface area contributed by atoms with Gasteiger partial charge in [-0.05, 0) is 62.4 Å². The van der Waals surface area contributed by atoms with Crippen LogP contribution in [0.2, 0.25) is 0 Å². The van der Waals surface area contributed by atoms with Gasteiger partial charge in [0, 0.05) is 25.0 Å². The Hall–Kier alpha value is -2.54. The van der Waals surface area contributed by atoms with Crippen molar-refractivity contribution in [1.29, 1.82) is 0 Å². The highest BCUT2D eigenvalue weighted by Crippen LogP contribution is 2.24. The van der Waals surface area contributed by atoms with E-state index >= 15 is 0 Å². The van der Waals surface area contributed by atoms with Crippen molar-refractivity contribution < 1.29 is 17.9 Å². The van der Waals surface area contributed by atoms with Crippen LogP contribution >= 0.6 is 0 Å². The van der Waals surface area contributed by atoms with E-state index in [0.29, 0.717) is 30.3 Å². The van der Waals surface area contributed by atoms with E-state index in [0.717, 1.165) is 6.26 Å². The molecule has 1 N–H and O–H groups in total. The molecule has 0 atom stereocenters. The van der Waals surface area contributed by atoms with Gasteiger partial charge in [-0.2, -0.15) is 0 Å². The van der Waals surface area contributed by atoms with Gasteiger partial charge in [-0.25, -0.2) is 13.2 Å². The van der Waals surface area contributed by atoms with E-state index in [4.69, 9.17) is 4.74 Å². The molecule has 2 aromatic rings. The third-order valence-electron chi connectivity index (χ3n) is 3.64. The maximum Gasteiger partial charge on any atom is 0.321 e. The smallest absolute Gasteiger partial charge is 0.321 e. The highest BCUT2D eigenvalue weighted by Gasteiger charge is 2.10. The highest BCUT2D eigenvalue weighted by atomic mass is 32.2. The second kappa shape index (κ2) is 8.02. The second-order valence-corrected chi connectivity index (χ2v) is 7.49. The Morgan fingerprint density at radius 3 is 1.88 bits per heavy atom. The summed E-state index contributed by atoms with van der Waals surface area (Å²) in [4.78, 5) is 13.9. The summed E-state index contributed by atoms with van der Waals surface area (Å²) in [6.07, 6.45) is 1.16. The van der Waals surface area contributed by atoms with E-state index in [1.54, 1.807) is 41.3 Å². The van der Waals surface area contributed by atoms with Crippen LogP contribution in [0.3, 0.4) is 0 Å². The van der Waals surface area contributed by atoms with Gasteiger partial charge in [-0.1, -0.05) is 0 Å². The number of sulfone groups is 1. The normalized spacial score (nSPS) is 11.0. The van der Waals surface area contributed by atoms with Crippen LogP contribution in [-0.2, 0) is 9.84 Å². The monoisotopic (exact) mass is 362 g/mol. The fraction of sp³-hybridized carbons (Fsp3) is 0.278. The lowest BCUT2D eigenvalue weighted by molar-refractivity contribution is 0.217. The number of nitrogens with zero attached hydrogens (tertiary/aromatic N) is 1. The maximum absolute atomic E-state index is 12.0. The fourth-order valence-electron chi connectivity index (χ4n) is 2.21. The number of benzene rings is 2. The maximum atomic E-state index is 12.0. The van der Waals surface area contributed by atoms with Crippen LogP contribution < -0.4 is 10.1 Å². The second-order valence-electron chi connectivity index (χ2n) is 5.47. The summed E-state index contributed by atoms with van der Waals surface area (Å²) in [7, 11) is -3.22. The number of rotatable bonds is 6. The Bertz CT molecular complexity index is 811. The van der Waals surface area contributed by atoms with Gasteiger partial charge in [0.2, 0.25) is 0 Å². The molecule has 0 aliphatic rings. The molecule has 2 amide bonds. The van der Waals surface area contributed by atoms with Gasteiger partial charge in [0.25, 0.3) is 0 Å². The summed E-state index contributed by atoms with van der Waals surface area (Å²) in [6, 6.07) is 13.1. The lowest BCUT2D eigenvalue weighted by atomic mass is 10.3. The Morgan fingerprint density at radius 1 is 0.960 bits per heavy atom. The first-order valence-corrected chi connectivity index (χ1v) is 9.86. The van der Waals surface area contributed by atoms with Crippen LogP contribution in [0.4, 0.5) is 10.5 Å². The van der Waals surface area contributed by atoms with Crippen molar-refractivity contribution in [2.75, 3.05) is 24.7 Å². The van der Waals surface area contributed by atoms with Crippen LogP contribution in [-0.4, -0.2) is 38.7 Å². The highest BCUT2D eigenvalue weighted by molar-refractivity contribution is 7.90. The number of anilines is 1. The molecule has 0 heterocycles. The topological polar surface area (TPSA) is 75.7 Å². The standard InChI is InChI=1S/C18H22N2O4S/c1-4-20(5-2)18(21)19-14-6-8-15(9-7-14)24-16-10-12-17(13-11-16)25(3,22)23/h6-13H,4-5H2,1-3H3,(H,19,21). The van der Waals surface area contributed by atoms with E-state index < -0.39 is 9.84 Å². The molecule has 0 aromatic heterocycles. The van der Waals surface area contributed by atoms with Crippen molar-refractivity contribution in [3.05, 3.63) is 48.5 Å². The summed E-state index contributed by atoms with van der Waals surface area (Å²) < 4.78 is 28.6. The molecule has 2 aromatic carbocycles. The molecule has 0 fully saturated rings. The largest absolute Gasteiger partial charge is 0.457 e. The Labute approximate surface area is 148 Å². The summed E-state index contributed by atoms with van der Waals surface area (Å²) in [5.74, 6) is 1.13.